The first-order valence-electron chi connectivity index (χ1n) is 17.7. The van der Waals surface area contributed by atoms with Crippen LogP contribution in [0.25, 0.3) is 99.0 Å². The Kier molecular flexibility index (Phi) is 5.76. The van der Waals surface area contributed by atoms with E-state index in [2.05, 4.69) is 159 Å². The second-order valence-corrected chi connectivity index (χ2v) is 14.4. The third-order valence-corrected chi connectivity index (χ3v) is 11.4. The van der Waals surface area contributed by atoms with Crippen LogP contribution < -0.4 is 0 Å². The first kappa shape index (κ1) is 28.5. The van der Waals surface area contributed by atoms with Crippen molar-refractivity contribution in [3.63, 3.8) is 0 Å². The van der Waals surface area contributed by atoms with Crippen LogP contribution in [0.15, 0.2) is 167 Å². The molecule has 11 rings (SSSR count). The quantitative estimate of drug-likeness (QED) is 0.178. The molecule has 0 radical (unpaired) electrons. The molecular formula is C49H32O2. The van der Waals surface area contributed by atoms with Gasteiger partial charge in [-0.15, -0.1) is 0 Å². The monoisotopic (exact) mass is 652 g/mol. The third-order valence-electron chi connectivity index (χ3n) is 11.4. The summed E-state index contributed by atoms with van der Waals surface area (Å²) in [6.07, 6.45) is 1.79. The summed E-state index contributed by atoms with van der Waals surface area (Å²) < 4.78 is 12.6. The zero-order chi connectivity index (χ0) is 33.8. The van der Waals surface area contributed by atoms with E-state index >= 15 is 0 Å². The number of hydrogen-bond acceptors (Lipinski definition) is 2. The molecule has 10 aromatic rings. The molecule has 240 valence electrons. The normalized spacial score (nSPS) is 13.5. The number of hydrogen-bond donors (Lipinski definition) is 0. The van der Waals surface area contributed by atoms with Gasteiger partial charge in [0.15, 0.2) is 0 Å². The van der Waals surface area contributed by atoms with Gasteiger partial charge in [-0.05, 0) is 95.9 Å². The smallest absolute Gasteiger partial charge is 0.140 e. The van der Waals surface area contributed by atoms with Crippen molar-refractivity contribution in [1.29, 1.82) is 0 Å². The van der Waals surface area contributed by atoms with Crippen LogP contribution in [0, 0.1) is 0 Å². The van der Waals surface area contributed by atoms with Crippen LogP contribution in [0.1, 0.15) is 25.0 Å². The Morgan fingerprint density at radius 2 is 1.02 bits per heavy atom. The lowest BCUT2D eigenvalue weighted by Crippen LogP contribution is -2.15. The van der Waals surface area contributed by atoms with E-state index in [0.717, 1.165) is 22.1 Å². The molecule has 51 heavy (non-hydrogen) atoms. The Hall–Kier alpha value is -6.38. The Morgan fingerprint density at radius 1 is 0.412 bits per heavy atom. The maximum Gasteiger partial charge on any atom is 0.140 e. The van der Waals surface area contributed by atoms with Crippen LogP contribution >= 0.6 is 0 Å². The van der Waals surface area contributed by atoms with Gasteiger partial charge in [-0.3, -0.25) is 0 Å². The van der Waals surface area contributed by atoms with Gasteiger partial charge >= 0.3 is 0 Å². The average Bonchev–Trinajstić information content (AvgIpc) is 3.87. The Balaban J connectivity index is 1.10. The fourth-order valence-corrected chi connectivity index (χ4v) is 9.13. The lowest BCUT2D eigenvalue weighted by atomic mass is 9.81. The molecular weight excluding hydrogens is 621 g/mol. The maximum absolute atomic E-state index is 6.78. The molecule has 0 saturated heterocycles. The summed E-state index contributed by atoms with van der Waals surface area (Å²) in [5.41, 5.74) is 15.1. The van der Waals surface area contributed by atoms with Crippen LogP contribution in [0.2, 0.25) is 0 Å². The van der Waals surface area contributed by atoms with Gasteiger partial charge < -0.3 is 8.83 Å². The largest absolute Gasteiger partial charge is 0.464 e. The van der Waals surface area contributed by atoms with Crippen molar-refractivity contribution in [3.05, 3.63) is 169 Å². The van der Waals surface area contributed by atoms with Crippen molar-refractivity contribution in [3.8, 4) is 44.5 Å². The van der Waals surface area contributed by atoms with E-state index in [1.54, 1.807) is 6.26 Å². The molecule has 0 unspecified atom stereocenters. The first-order valence-corrected chi connectivity index (χ1v) is 17.7. The van der Waals surface area contributed by atoms with Crippen molar-refractivity contribution < 1.29 is 8.83 Å². The van der Waals surface area contributed by atoms with Crippen LogP contribution in [-0.4, -0.2) is 0 Å². The van der Waals surface area contributed by atoms with E-state index < -0.39 is 0 Å². The molecule has 0 spiro atoms. The topological polar surface area (TPSA) is 26.3 Å². The van der Waals surface area contributed by atoms with E-state index in [1.165, 1.54) is 88.0 Å². The minimum atomic E-state index is -0.146. The molecule has 0 atom stereocenters. The standard InChI is InChI=1S/C49H32O2/c1-49(2)41-18-8-7-11-32(41)39-25-26-40-46-31(16-9-20-43(46)51-48(40)47(39)49)29-21-23-30(24-22-29)44-35-12-3-5-14-37(35)45(38-15-6-4-13-36(38)44)34-17-10-19-42-33(34)27-28-50-42/h3-28H,1-2H3. The molecule has 1 aliphatic rings. The van der Waals surface area contributed by atoms with Crippen molar-refractivity contribution in [1.82, 2.24) is 0 Å². The van der Waals surface area contributed by atoms with Gasteiger partial charge in [0, 0.05) is 27.1 Å². The molecule has 0 bridgehead atoms. The summed E-state index contributed by atoms with van der Waals surface area (Å²) in [6, 6.07) is 55.0. The summed E-state index contributed by atoms with van der Waals surface area (Å²) in [6.45, 7) is 4.64. The minimum absolute atomic E-state index is 0.146. The molecule has 0 N–H and O–H groups in total. The van der Waals surface area contributed by atoms with Crippen molar-refractivity contribution in [2.75, 3.05) is 0 Å². The average molecular weight is 653 g/mol. The molecule has 0 amide bonds. The molecule has 2 nitrogen and oxygen atoms in total. The van der Waals surface area contributed by atoms with E-state index in [1.807, 2.05) is 6.07 Å². The van der Waals surface area contributed by atoms with Gasteiger partial charge in [0.25, 0.3) is 0 Å². The number of benzene rings is 8. The Bertz CT molecular complexity index is 2980. The van der Waals surface area contributed by atoms with Gasteiger partial charge in [0.1, 0.15) is 16.7 Å². The van der Waals surface area contributed by atoms with Crippen LogP contribution in [0.3, 0.4) is 0 Å². The highest BCUT2D eigenvalue weighted by Gasteiger charge is 2.38. The summed E-state index contributed by atoms with van der Waals surface area (Å²) >= 11 is 0. The lowest BCUT2D eigenvalue weighted by molar-refractivity contribution is 0.616. The highest BCUT2D eigenvalue weighted by atomic mass is 16.3. The maximum atomic E-state index is 6.78. The molecule has 1 aliphatic carbocycles. The number of fused-ring (bicyclic) bond motifs is 10. The Labute approximate surface area is 295 Å². The summed E-state index contributed by atoms with van der Waals surface area (Å²) in [5, 5.41) is 8.41. The van der Waals surface area contributed by atoms with Crippen molar-refractivity contribution in [2.45, 2.75) is 19.3 Å². The highest BCUT2D eigenvalue weighted by molar-refractivity contribution is 6.23. The van der Waals surface area contributed by atoms with Gasteiger partial charge in [0.05, 0.1) is 6.26 Å². The predicted molar refractivity (Wildman–Crippen MR) is 212 cm³/mol. The van der Waals surface area contributed by atoms with Crippen molar-refractivity contribution in [2.24, 2.45) is 0 Å². The molecule has 2 heteroatoms. The summed E-state index contributed by atoms with van der Waals surface area (Å²) in [7, 11) is 0. The Morgan fingerprint density at radius 3 is 1.76 bits per heavy atom. The molecule has 8 aromatic carbocycles. The SMILES string of the molecule is CC1(C)c2ccccc2-c2ccc3c(oc4cccc(-c5ccc(-c6c7ccccc7c(-c7cccc8occc78)c7ccccc67)cc5)c43)c21. The second kappa shape index (κ2) is 10.3. The van der Waals surface area contributed by atoms with Gasteiger partial charge in [-0.2, -0.15) is 0 Å². The van der Waals surface area contributed by atoms with Crippen LogP contribution in [0.4, 0.5) is 0 Å². The van der Waals surface area contributed by atoms with E-state index in [0.29, 0.717) is 0 Å². The molecule has 2 aromatic heterocycles. The third kappa shape index (κ3) is 3.88. The number of furan rings is 2. The second-order valence-electron chi connectivity index (χ2n) is 14.4. The molecule has 0 aliphatic heterocycles. The predicted octanol–water partition coefficient (Wildman–Crippen LogP) is 13.9. The van der Waals surface area contributed by atoms with E-state index in [4.69, 9.17) is 8.83 Å². The molecule has 2 heterocycles. The molecule has 0 saturated carbocycles. The zero-order valence-electron chi connectivity index (χ0n) is 28.3. The number of rotatable bonds is 3. The fraction of sp³-hybridized carbons (Fsp3) is 0.0612. The minimum Gasteiger partial charge on any atom is -0.464 e. The fourth-order valence-electron chi connectivity index (χ4n) is 9.13. The highest BCUT2D eigenvalue weighted by Crippen LogP contribution is 2.53. The van der Waals surface area contributed by atoms with E-state index in [-0.39, 0.29) is 5.41 Å². The van der Waals surface area contributed by atoms with Crippen molar-refractivity contribution >= 4 is 54.5 Å². The van der Waals surface area contributed by atoms with Crippen LogP contribution in [0.5, 0.6) is 0 Å². The van der Waals surface area contributed by atoms with Crippen LogP contribution in [-0.2, 0) is 5.41 Å². The first-order chi connectivity index (χ1) is 25.1. The van der Waals surface area contributed by atoms with E-state index in [9.17, 15) is 0 Å². The lowest BCUT2D eigenvalue weighted by Gasteiger charge is -2.21. The zero-order valence-corrected chi connectivity index (χ0v) is 28.3. The summed E-state index contributed by atoms with van der Waals surface area (Å²) in [5.74, 6) is 0. The summed E-state index contributed by atoms with van der Waals surface area (Å²) in [4.78, 5) is 0. The van der Waals surface area contributed by atoms with Gasteiger partial charge in [-0.1, -0.05) is 141 Å². The van der Waals surface area contributed by atoms with Gasteiger partial charge in [-0.25, -0.2) is 0 Å². The van der Waals surface area contributed by atoms with Gasteiger partial charge in [0.2, 0.25) is 0 Å². The molecule has 0 fully saturated rings.